The molecule has 2 rings (SSSR count). The van der Waals surface area contributed by atoms with E-state index in [0.29, 0.717) is 24.0 Å². The van der Waals surface area contributed by atoms with Crippen molar-refractivity contribution < 1.29 is 9.47 Å². The minimum absolute atomic E-state index is 0.00386. The molecule has 0 bridgehead atoms. The highest BCUT2D eigenvalue weighted by atomic mass is 16.5. The monoisotopic (exact) mass is 288 g/mol. The fraction of sp³-hybridized carbons (Fsp3) is 0.333. The van der Waals surface area contributed by atoms with E-state index in [9.17, 15) is 0 Å². The van der Waals surface area contributed by atoms with Gasteiger partial charge < -0.3 is 20.5 Å². The van der Waals surface area contributed by atoms with Crippen LogP contribution in [-0.4, -0.2) is 23.2 Å². The van der Waals surface area contributed by atoms with Gasteiger partial charge in [0.25, 0.3) is 0 Å². The number of rotatable bonds is 6. The average Bonchev–Trinajstić information content (AvgIpc) is 2.45. The minimum Gasteiger partial charge on any atom is -0.473 e. The van der Waals surface area contributed by atoms with Crippen LogP contribution in [0.25, 0.3) is 0 Å². The predicted octanol–water partition coefficient (Wildman–Crippen LogP) is 2.74. The maximum Gasteiger partial charge on any atom is 0.242 e. The summed E-state index contributed by atoms with van der Waals surface area (Å²) in [5.41, 5.74) is 8.35. The Morgan fingerprint density at radius 3 is 2.71 bits per heavy atom. The molecule has 1 aromatic heterocycles. The highest BCUT2D eigenvalue weighted by Gasteiger charge is 2.12. The molecule has 2 aromatic rings. The Labute approximate surface area is 124 Å². The molecule has 0 saturated carbocycles. The number of nitrogens with one attached hydrogen (secondary N) is 1. The molecule has 0 aliphatic heterocycles. The number of aromatic nitrogens is 2. The van der Waals surface area contributed by atoms with E-state index in [1.54, 1.807) is 7.11 Å². The largest absolute Gasteiger partial charge is 0.473 e. The number of nitrogen functional groups attached to an aromatic ring is 1. The van der Waals surface area contributed by atoms with Gasteiger partial charge in [-0.3, -0.25) is 0 Å². The number of ether oxygens (including phenoxy) is 2. The maximum absolute atomic E-state index is 6.06. The van der Waals surface area contributed by atoms with Gasteiger partial charge in [-0.1, -0.05) is 18.2 Å². The van der Waals surface area contributed by atoms with E-state index in [2.05, 4.69) is 15.3 Å². The quantitative estimate of drug-likeness (QED) is 0.850. The molecule has 1 heterocycles. The van der Waals surface area contributed by atoms with Crippen LogP contribution in [0, 0.1) is 0 Å². The first kappa shape index (κ1) is 15.1. The summed E-state index contributed by atoms with van der Waals surface area (Å²) in [5, 5.41) is 3.20. The molecule has 0 saturated heterocycles. The zero-order chi connectivity index (χ0) is 15.2. The number of nitrogens with zero attached hydrogens (tertiary/aromatic N) is 2. The van der Waals surface area contributed by atoms with Crippen molar-refractivity contribution in [2.75, 3.05) is 18.2 Å². The third-order valence-electron chi connectivity index (χ3n) is 2.76. The van der Waals surface area contributed by atoms with Crippen molar-refractivity contribution in [1.82, 2.24) is 9.97 Å². The van der Waals surface area contributed by atoms with Crippen molar-refractivity contribution >= 4 is 17.2 Å². The van der Waals surface area contributed by atoms with Crippen molar-refractivity contribution in [3.8, 4) is 5.88 Å². The number of methoxy groups -OCH3 is 1. The van der Waals surface area contributed by atoms with Gasteiger partial charge in [0.15, 0.2) is 5.82 Å². The molecule has 21 heavy (non-hydrogen) atoms. The summed E-state index contributed by atoms with van der Waals surface area (Å²) in [6, 6.07) is 7.81. The Balaban J connectivity index is 2.28. The molecule has 6 nitrogen and oxygen atoms in total. The second-order valence-electron chi connectivity index (χ2n) is 4.82. The third-order valence-corrected chi connectivity index (χ3v) is 2.76. The molecule has 6 heteroatoms. The molecule has 1 aromatic carbocycles. The van der Waals surface area contributed by atoms with Crippen LogP contribution in [-0.2, 0) is 11.3 Å². The summed E-state index contributed by atoms with van der Waals surface area (Å²) in [6.45, 7) is 4.34. The maximum atomic E-state index is 6.06. The minimum atomic E-state index is -0.00386. The Kier molecular flexibility index (Phi) is 4.94. The summed E-state index contributed by atoms with van der Waals surface area (Å²) in [6.07, 6.45) is 1.42. The molecule has 0 fully saturated rings. The second kappa shape index (κ2) is 6.90. The van der Waals surface area contributed by atoms with E-state index >= 15 is 0 Å². The fourth-order valence-electron chi connectivity index (χ4n) is 1.85. The number of para-hydroxylation sites is 1. The molecular formula is C15H20N4O2. The number of anilines is 3. The van der Waals surface area contributed by atoms with Gasteiger partial charge in [-0.2, -0.15) is 4.98 Å². The van der Waals surface area contributed by atoms with Crippen LogP contribution in [0.4, 0.5) is 17.2 Å². The molecule has 0 atom stereocenters. The van der Waals surface area contributed by atoms with Crippen LogP contribution < -0.4 is 15.8 Å². The summed E-state index contributed by atoms with van der Waals surface area (Å²) in [7, 11) is 1.66. The zero-order valence-corrected chi connectivity index (χ0v) is 12.5. The smallest absolute Gasteiger partial charge is 0.242 e. The van der Waals surface area contributed by atoms with Gasteiger partial charge in [-0.15, -0.1) is 0 Å². The standard InChI is InChI=1S/C15H20N4O2/c1-10(2)21-15-13(16)14(17-9-18-15)19-12-7-5-4-6-11(12)8-20-3/h4-7,9-10H,8,16H2,1-3H3,(H,17,18,19). The lowest BCUT2D eigenvalue weighted by atomic mass is 10.2. The van der Waals surface area contributed by atoms with Crippen molar-refractivity contribution in [3.63, 3.8) is 0 Å². The number of benzene rings is 1. The molecular weight excluding hydrogens is 268 g/mol. The van der Waals surface area contributed by atoms with E-state index in [0.717, 1.165) is 11.3 Å². The lowest BCUT2D eigenvalue weighted by Gasteiger charge is -2.15. The summed E-state index contributed by atoms with van der Waals surface area (Å²) < 4.78 is 10.7. The van der Waals surface area contributed by atoms with Gasteiger partial charge in [0.05, 0.1) is 12.7 Å². The highest BCUT2D eigenvalue weighted by molar-refractivity contribution is 5.73. The van der Waals surface area contributed by atoms with Crippen LogP contribution in [0.3, 0.4) is 0 Å². The summed E-state index contributed by atoms with van der Waals surface area (Å²) in [4.78, 5) is 8.23. The van der Waals surface area contributed by atoms with Gasteiger partial charge in [0.2, 0.25) is 5.88 Å². The highest BCUT2D eigenvalue weighted by Crippen LogP contribution is 2.29. The van der Waals surface area contributed by atoms with Gasteiger partial charge in [0.1, 0.15) is 12.0 Å². The van der Waals surface area contributed by atoms with Gasteiger partial charge in [-0.05, 0) is 19.9 Å². The number of hydrogen-bond acceptors (Lipinski definition) is 6. The molecule has 0 unspecified atom stereocenters. The molecule has 0 amide bonds. The first-order chi connectivity index (χ1) is 10.1. The van der Waals surface area contributed by atoms with E-state index in [1.165, 1.54) is 6.33 Å². The molecule has 3 N–H and O–H groups in total. The lowest BCUT2D eigenvalue weighted by molar-refractivity contribution is 0.185. The summed E-state index contributed by atoms with van der Waals surface area (Å²) >= 11 is 0. The van der Waals surface area contributed by atoms with E-state index in [1.807, 2.05) is 38.1 Å². The first-order valence-corrected chi connectivity index (χ1v) is 6.72. The Hall–Kier alpha value is -2.34. The summed E-state index contributed by atoms with van der Waals surface area (Å²) in [5.74, 6) is 0.899. The Morgan fingerprint density at radius 1 is 1.24 bits per heavy atom. The predicted molar refractivity (Wildman–Crippen MR) is 82.6 cm³/mol. The van der Waals surface area contributed by atoms with Gasteiger partial charge >= 0.3 is 0 Å². The van der Waals surface area contributed by atoms with E-state index < -0.39 is 0 Å². The van der Waals surface area contributed by atoms with E-state index in [-0.39, 0.29) is 6.10 Å². The lowest BCUT2D eigenvalue weighted by Crippen LogP contribution is -2.11. The number of hydrogen-bond donors (Lipinski definition) is 2. The Bertz CT molecular complexity index is 602. The van der Waals surface area contributed by atoms with Crippen molar-refractivity contribution in [2.45, 2.75) is 26.6 Å². The van der Waals surface area contributed by atoms with Crippen LogP contribution >= 0.6 is 0 Å². The molecule has 0 aliphatic rings. The van der Waals surface area contributed by atoms with Crippen LogP contribution in [0.5, 0.6) is 5.88 Å². The van der Waals surface area contributed by atoms with Crippen LogP contribution in [0.15, 0.2) is 30.6 Å². The average molecular weight is 288 g/mol. The zero-order valence-electron chi connectivity index (χ0n) is 12.5. The molecule has 0 aliphatic carbocycles. The normalized spacial score (nSPS) is 10.7. The van der Waals surface area contributed by atoms with Crippen molar-refractivity contribution in [1.29, 1.82) is 0 Å². The first-order valence-electron chi connectivity index (χ1n) is 6.72. The van der Waals surface area contributed by atoms with Gasteiger partial charge in [-0.25, -0.2) is 4.98 Å². The van der Waals surface area contributed by atoms with Crippen molar-refractivity contribution in [3.05, 3.63) is 36.2 Å². The molecule has 112 valence electrons. The molecule has 0 radical (unpaired) electrons. The molecule has 0 spiro atoms. The second-order valence-corrected chi connectivity index (χ2v) is 4.82. The Morgan fingerprint density at radius 2 is 2.00 bits per heavy atom. The topological polar surface area (TPSA) is 82.3 Å². The van der Waals surface area contributed by atoms with E-state index in [4.69, 9.17) is 15.2 Å². The van der Waals surface area contributed by atoms with Crippen LogP contribution in [0.1, 0.15) is 19.4 Å². The SMILES string of the molecule is COCc1ccccc1Nc1ncnc(OC(C)C)c1N. The van der Waals surface area contributed by atoms with Gasteiger partial charge in [0, 0.05) is 18.4 Å². The number of nitrogens with two attached hydrogens (primary N) is 1. The van der Waals surface area contributed by atoms with Crippen molar-refractivity contribution in [2.24, 2.45) is 0 Å². The third kappa shape index (κ3) is 3.82. The van der Waals surface area contributed by atoms with Crippen LogP contribution in [0.2, 0.25) is 0 Å². The fourth-order valence-corrected chi connectivity index (χ4v) is 1.85.